The number of alkyl halides is 3. The molecule has 0 aromatic rings. The second kappa shape index (κ2) is 5.77. The fraction of sp³-hybridized carbons (Fsp3) is 0.889. The van der Waals surface area contributed by atoms with Gasteiger partial charge in [0.2, 0.25) is 0 Å². The van der Waals surface area contributed by atoms with Gasteiger partial charge in [0, 0.05) is 12.4 Å². The highest BCUT2D eigenvalue weighted by molar-refractivity contribution is 8.00. The van der Waals surface area contributed by atoms with Crippen molar-refractivity contribution in [1.82, 2.24) is 0 Å². The number of aliphatic carboxylic acids is 1. The monoisotopic (exact) mass is 258 g/mol. The van der Waals surface area contributed by atoms with E-state index < -0.39 is 23.8 Å². The minimum atomic E-state index is -4.47. The predicted octanol–water partition coefficient (Wildman–Crippen LogP) is 2.30. The Bertz CT molecular complexity index is 239. The number of carboxylic acids is 1. The molecule has 0 aromatic carbocycles. The second-order valence-electron chi connectivity index (χ2n) is 3.60. The molecule has 0 saturated carbocycles. The summed E-state index contributed by atoms with van der Waals surface area (Å²) >= 11 is 0.623. The first-order chi connectivity index (χ1) is 7.39. The van der Waals surface area contributed by atoms with Crippen LogP contribution in [0.4, 0.5) is 13.2 Å². The Labute approximate surface area is 95.3 Å². The standard InChI is InChI=1S/C9H13F3O3S/c10-9(11,12)7(4-8(13)14)16-5-6-2-1-3-15-6/h6-7H,1-5H2,(H,13,14). The Kier molecular flexibility index (Phi) is 4.91. The van der Waals surface area contributed by atoms with Crippen LogP contribution in [-0.2, 0) is 9.53 Å². The van der Waals surface area contributed by atoms with Crippen LogP contribution in [0.25, 0.3) is 0 Å². The molecule has 16 heavy (non-hydrogen) atoms. The van der Waals surface area contributed by atoms with Gasteiger partial charge in [0.15, 0.2) is 0 Å². The number of carboxylic acid groups (broad SMARTS) is 1. The van der Waals surface area contributed by atoms with Gasteiger partial charge < -0.3 is 9.84 Å². The highest BCUT2D eigenvalue weighted by Gasteiger charge is 2.41. The maximum atomic E-state index is 12.4. The quantitative estimate of drug-likeness (QED) is 0.822. The van der Waals surface area contributed by atoms with Gasteiger partial charge in [-0.3, -0.25) is 4.79 Å². The fourth-order valence-corrected chi connectivity index (χ4v) is 2.59. The van der Waals surface area contributed by atoms with Gasteiger partial charge in [0.25, 0.3) is 0 Å². The minimum Gasteiger partial charge on any atom is -0.481 e. The van der Waals surface area contributed by atoms with E-state index in [1.54, 1.807) is 0 Å². The first-order valence-corrected chi connectivity index (χ1v) is 5.96. The molecule has 1 rings (SSSR count). The number of ether oxygens (including phenoxy) is 1. The van der Waals surface area contributed by atoms with Gasteiger partial charge in [0.05, 0.1) is 12.5 Å². The van der Waals surface area contributed by atoms with Crippen molar-refractivity contribution in [2.45, 2.75) is 36.8 Å². The highest BCUT2D eigenvalue weighted by atomic mass is 32.2. The third kappa shape index (κ3) is 4.61. The van der Waals surface area contributed by atoms with Crippen LogP contribution in [0.15, 0.2) is 0 Å². The van der Waals surface area contributed by atoms with Crippen molar-refractivity contribution in [2.24, 2.45) is 0 Å². The van der Waals surface area contributed by atoms with Crippen LogP contribution in [0, 0.1) is 0 Å². The van der Waals surface area contributed by atoms with Crippen molar-refractivity contribution >= 4 is 17.7 Å². The van der Waals surface area contributed by atoms with Crippen LogP contribution in [0.3, 0.4) is 0 Å². The van der Waals surface area contributed by atoms with Crippen molar-refractivity contribution in [2.75, 3.05) is 12.4 Å². The molecule has 3 nitrogen and oxygen atoms in total. The molecule has 0 amide bonds. The van der Waals surface area contributed by atoms with Crippen molar-refractivity contribution in [3.8, 4) is 0 Å². The smallest absolute Gasteiger partial charge is 0.401 e. The lowest BCUT2D eigenvalue weighted by Gasteiger charge is -2.19. The molecular formula is C9H13F3O3S. The Morgan fingerprint density at radius 2 is 2.25 bits per heavy atom. The second-order valence-corrected chi connectivity index (χ2v) is 4.83. The summed E-state index contributed by atoms with van der Waals surface area (Å²) in [7, 11) is 0. The lowest BCUT2D eigenvalue weighted by atomic mass is 10.3. The summed E-state index contributed by atoms with van der Waals surface area (Å²) in [5.41, 5.74) is 0. The summed E-state index contributed by atoms with van der Waals surface area (Å²) in [6.45, 7) is 0.584. The normalized spacial score (nSPS) is 23.3. The summed E-state index contributed by atoms with van der Waals surface area (Å²) in [4.78, 5) is 10.3. The van der Waals surface area contributed by atoms with Crippen LogP contribution in [0.2, 0.25) is 0 Å². The molecule has 0 spiro atoms. The molecule has 2 atom stereocenters. The zero-order valence-electron chi connectivity index (χ0n) is 8.50. The number of halogens is 3. The van der Waals surface area contributed by atoms with Crippen molar-refractivity contribution in [1.29, 1.82) is 0 Å². The summed E-state index contributed by atoms with van der Waals surface area (Å²) in [6, 6.07) is 0. The minimum absolute atomic E-state index is 0.163. The lowest BCUT2D eigenvalue weighted by molar-refractivity contribution is -0.149. The van der Waals surface area contributed by atoms with E-state index in [1.807, 2.05) is 0 Å². The van der Waals surface area contributed by atoms with E-state index in [0.717, 1.165) is 12.8 Å². The van der Waals surface area contributed by atoms with Gasteiger partial charge in [0.1, 0.15) is 5.25 Å². The van der Waals surface area contributed by atoms with Gasteiger partial charge in [-0.2, -0.15) is 13.2 Å². The average Bonchev–Trinajstić information content (AvgIpc) is 2.62. The molecule has 1 aliphatic heterocycles. The van der Waals surface area contributed by atoms with Crippen LogP contribution in [0.1, 0.15) is 19.3 Å². The predicted molar refractivity (Wildman–Crippen MR) is 53.5 cm³/mol. The molecule has 1 N–H and O–H groups in total. The highest BCUT2D eigenvalue weighted by Crippen LogP contribution is 2.34. The maximum Gasteiger partial charge on any atom is 0.401 e. The van der Waals surface area contributed by atoms with Crippen molar-refractivity contribution in [3.63, 3.8) is 0 Å². The molecule has 2 unspecified atom stereocenters. The van der Waals surface area contributed by atoms with E-state index in [-0.39, 0.29) is 11.9 Å². The Balaban J connectivity index is 2.40. The molecule has 7 heteroatoms. The number of thioether (sulfide) groups is 1. The first-order valence-electron chi connectivity index (χ1n) is 4.91. The van der Waals surface area contributed by atoms with Crippen molar-refractivity contribution in [3.05, 3.63) is 0 Å². The van der Waals surface area contributed by atoms with Gasteiger partial charge in [-0.1, -0.05) is 0 Å². The van der Waals surface area contributed by atoms with Crippen LogP contribution >= 0.6 is 11.8 Å². The molecule has 0 radical (unpaired) electrons. The molecule has 0 aromatic heterocycles. The number of hydrogen-bond acceptors (Lipinski definition) is 3. The summed E-state index contributed by atoms with van der Waals surface area (Å²) in [5, 5.41) is 6.56. The van der Waals surface area contributed by atoms with Gasteiger partial charge >= 0.3 is 12.1 Å². The maximum absolute atomic E-state index is 12.4. The molecule has 1 fully saturated rings. The zero-order valence-corrected chi connectivity index (χ0v) is 9.31. The fourth-order valence-electron chi connectivity index (χ4n) is 1.43. The van der Waals surface area contributed by atoms with Gasteiger partial charge in [-0.05, 0) is 12.8 Å². The Hall–Kier alpha value is -0.430. The van der Waals surface area contributed by atoms with E-state index in [2.05, 4.69) is 0 Å². The number of rotatable bonds is 5. The largest absolute Gasteiger partial charge is 0.481 e. The SMILES string of the molecule is O=C(O)CC(SCC1CCCO1)C(F)(F)F. The molecule has 0 bridgehead atoms. The molecular weight excluding hydrogens is 245 g/mol. The van der Waals surface area contributed by atoms with Crippen LogP contribution in [-0.4, -0.2) is 41.0 Å². The van der Waals surface area contributed by atoms with Gasteiger partial charge in [-0.15, -0.1) is 11.8 Å². The molecule has 94 valence electrons. The first kappa shape index (κ1) is 13.6. The topological polar surface area (TPSA) is 46.5 Å². The summed E-state index contributed by atoms with van der Waals surface area (Å²) in [5.74, 6) is -1.22. The lowest BCUT2D eigenvalue weighted by Crippen LogP contribution is -2.30. The molecule has 1 saturated heterocycles. The summed E-state index contributed by atoms with van der Waals surface area (Å²) in [6.07, 6.45) is -3.91. The molecule has 1 aliphatic rings. The third-order valence-corrected chi connectivity index (χ3v) is 3.63. The van der Waals surface area contributed by atoms with Crippen LogP contribution in [0.5, 0.6) is 0 Å². The van der Waals surface area contributed by atoms with Gasteiger partial charge in [-0.25, -0.2) is 0 Å². The van der Waals surface area contributed by atoms with E-state index in [4.69, 9.17) is 9.84 Å². The summed E-state index contributed by atoms with van der Waals surface area (Å²) < 4.78 is 42.5. The number of carbonyl (C=O) groups is 1. The van der Waals surface area contributed by atoms with Crippen LogP contribution < -0.4 is 0 Å². The van der Waals surface area contributed by atoms with Crippen molar-refractivity contribution < 1.29 is 27.8 Å². The molecule has 0 aliphatic carbocycles. The van der Waals surface area contributed by atoms with E-state index >= 15 is 0 Å². The molecule has 1 heterocycles. The van der Waals surface area contributed by atoms with E-state index in [9.17, 15) is 18.0 Å². The average molecular weight is 258 g/mol. The Morgan fingerprint density at radius 3 is 2.69 bits per heavy atom. The van der Waals surface area contributed by atoms with E-state index in [0.29, 0.717) is 18.4 Å². The Morgan fingerprint density at radius 1 is 1.56 bits per heavy atom. The van der Waals surface area contributed by atoms with E-state index in [1.165, 1.54) is 0 Å². The number of hydrogen-bond donors (Lipinski definition) is 1. The third-order valence-electron chi connectivity index (χ3n) is 2.23. The zero-order chi connectivity index (χ0) is 12.2.